The van der Waals surface area contributed by atoms with Crippen LogP contribution in [0.25, 0.3) is 0 Å². The van der Waals surface area contributed by atoms with Gasteiger partial charge in [0.05, 0.1) is 21.5 Å². The lowest BCUT2D eigenvalue weighted by atomic mass is 10.1. The van der Waals surface area contributed by atoms with Gasteiger partial charge in [-0.05, 0) is 17.7 Å². The highest BCUT2D eigenvalue weighted by Gasteiger charge is 2.23. The van der Waals surface area contributed by atoms with Crippen LogP contribution in [0.1, 0.15) is 33.3 Å². The SMILES string of the molecule is CC(=O)N1CCN(C(=O)c2cccc(CSc3cnc(NC(=O)c4cc([N+](=O)[O-])c[nH]4)s3)c2)CC1. The molecule has 2 aromatic heterocycles. The number of nitrogens with one attached hydrogen (secondary N) is 2. The van der Waals surface area contributed by atoms with E-state index in [-0.39, 0.29) is 23.2 Å². The maximum atomic E-state index is 12.9. The summed E-state index contributed by atoms with van der Waals surface area (Å²) in [7, 11) is 0. The molecule has 1 fully saturated rings. The summed E-state index contributed by atoms with van der Waals surface area (Å²) in [6, 6.07) is 8.62. The Hall–Kier alpha value is -3.71. The van der Waals surface area contributed by atoms with Crippen LogP contribution in [0, 0.1) is 10.1 Å². The van der Waals surface area contributed by atoms with Crippen molar-refractivity contribution in [3.63, 3.8) is 0 Å². The van der Waals surface area contributed by atoms with E-state index in [1.165, 1.54) is 30.0 Å². The van der Waals surface area contributed by atoms with Crippen molar-refractivity contribution in [2.45, 2.75) is 16.9 Å². The van der Waals surface area contributed by atoms with Gasteiger partial charge in [0.15, 0.2) is 5.13 Å². The van der Waals surface area contributed by atoms with E-state index in [9.17, 15) is 24.5 Å². The van der Waals surface area contributed by atoms with Crippen molar-refractivity contribution in [2.75, 3.05) is 31.5 Å². The largest absolute Gasteiger partial charge is 0.351 e. The molecule has 13 heteroatoms. The average Bonchev–Trinajstić information content (AvgIpc) is 3.53. The predicted molar refractivity (Wildman–Crippen MR) is 132 cm³/mol. The summed E-state index contributed by atoms with van der Waals surface area (Å²) < 4.78 is 0.870. The maximum absolute atomic E-state index is 12.9. The first-order chi connectivity index (χ1) is 16.8. The number of thioether (sulfide) groups is 1. The second kappa shape index (κ2) is 10.7. The van der Waals surface area contributed by atoms with Crippen molar-refractivity contribution in [1.29, 1.82) is 0 Å². The molecule has 0 radical (unpaired) electrons. The molecule has 4 rings (SSSR count). The molecule has 1 saturated heterocycles. The van der Waals surface area contributed by atoms with Crippen molar-refractivity contribution in [1.82, 2.24) is 19.8 Å². The zero-order chi connectivity index (χ0) is 24.9. The molecule has 1 aromatic carbocycles. The van der Waals surface area contributed by atoms with Crippen LogP contribution in [0.15, 0.2) is 46.9 Å². The van der Waals surface area contributed by atoms with Crippen LogP contribution in [0.4, 0.5) is 10.8 Å². The molecule has 0 bridgehead atoms. The van der Waals surface area contributed by atoms with Gasteiger partial charge in [0, 0.05) is 50.5 Å². The minimum absolute atomic E-state index is 0.0233. The van der Waals surface area contributed by atoms with Crippen LogP contribution in [-0.4, -0.2) is 68.6 Å². The summed E-state index contributed by atoms with van der Waals surface area (Å²) in [5, 5.41) is 13.8. The molecule has 1 aliphatic heterocycles. The molecular formula is C22H22N6O5S2. The number of hydrogen-bond acceptors (Lipinski definition) is 8. The summed E-state index contributed by atoms with van der Waals surface area (Å²) in [6.07, 6.45) is 2.80. The van der Waals surface area contributed by atoms with Gasteiger partial charge < -0.3 is 14.8 Å². The van der Waals surface area contributed by atoms with Gasteiger partial charge in [-0.15, -0.1) is 11.8 Å². The third kappa shape index (κ3) is 6.05. The Balaban J connectivity index is 1.31. The maximum Gasteiger partial charge on any atom is 0.287 e. The number of nitro groups is 1. The Morgan fingerprint density at radius 1 is 1.20 bits per heavy atom. The number of hydrogen-bond donors (Lipinski definition) is 2. The second-order valence-electron chi connectivity index (χ2n) is 7.75. The predicted octanol–water partition coefficient (Wildman–Crippen LogP) is 3.23. The van der Waals surface area contributed by atoms with E-state index in [1.54, 1.807) is 22.1 Å². The molecule has 3 amide bonds. The highest BCUT2D eigenvalue weighted by atomic mass is 32.2. The first kappa shape index (κ1) is 24.4. The van der Waals surface area contributed by atoms with Gasteiger partial charge in [-0.3, -0.25) is 29.8 Å². The van der Waals surface area contributed by atoms with Crippen molar-refractivity contribution < 1.29 is 19.3 Å². The summed E-state index contributed by atoms with van der Waals surface area (Å²) in [6.45, 7) is 3.66. The second-order valence-corrected chi connectivity index (χ2v) is 10.1. The van der Waals surface area contributed by atoms with Crippen LogP contribution in [0.2, 0.25) is 0 Å². The molecule has 35 heavy (non-hydrogen) atoms. The first-order valence-corrected chi connectivity index (χ1v) is 12.5. The highest BCUT2D eigenvalue weighted by Crippen LogP contribution is 2.31. The Bertz CT molecular complexity index is 1260. The molecule has 3 heterocycles. The van der Waals surface area contributed by atoms with Gasteiger partial charge in [0.25, 0.3) is 17.5 Å². The van der Waals surface area contributed by atoms with E-state index in [2.05, 4.69) is 15.3 Å². The quantitative estimate of drug-likeness (QED) is 0.280. The molecule has 2 N–H and O–H groups in total. The standard InChI is InChI=1S/C22H22N6O5S2/c1-14(29)26-5-7-27(8-6-26)21(31)16-4-2-3-15(9-16)13-34-19-12-24-22(35-19)25-20(30)18-10-17(11-23-18)28(32)33/h2-4,9-12,23H,5-8,13H2,1H3,(H,24,25,30). The number of aromatic nitrogens is 2. The third-order valence-electron chi connectivity index (χ3n) is 5.40. The number of aromatic amines is 1. The van der Waals surface area contributed by atoms with Gasteiger partial charge in [0.2, 0.25) is 5.91 Å². The molecule has 0 atom stereocenters. The lowest BCUT2D eigenvalue weighted by Gasteiger charge is -2.34. The number of piperazine rings is 1. The Morgan fingerprint density at radius 2 is 1.94 bits per heavy atom. The van der Waals surface area contributed by atoms with Crippen molar-refractivity contribution in [3.8, 4) is 0 Å². The summed E-state index contributed by atoms with van der Waals surface area (Å²) in [5.74, 6) is 0.0689. The van der Waals surface area contributed by atoms with Crippen molar-refractivity contribution in [3.05, 3.63) is 69.7 Å². The number of thiazole rings is 1. The number of nitrogens with zero attached hydrogens (tertiary/aromatic N) is 4. The van der Waals surface area contributed by atoms with E-state index in [1.807, 2.05) is 18.2 Å². The first-order valence-electron chi connectivity index (χ1n) is 10.7. The number of amides is 3. The topological polar surface area (TPSA) is 142 Å². The van der Waals surface area contributed by atoms with Crippen molar-refractivity contribution >= 4 is 51.6 Å². The fraction of sp³-hybridized carbons (Fsp3) is 0.273. The smallest absolute Gasteiger partial charge is 0.287 e. The average molecular weight is 515 g/mol. The monoisotopic (exact) mass is 514 g/mol. The van der Waals surface area contributed by atoms with Gasteiger partial charge >= 0.3 is 0 Å². The van der Waals surface area contributed by atoms with Crippen LogP contribution >= 0.6 is 23.1 Å². The molecule has 0 spiro atoms. The van der Waals surface area contributed by atoms with Crippen molar-refractivity contribution in [2.24, 2.45) is 0 Å². The Morgan fingerprint density at radius 3 is 2.63 bits per heavy atom. The van der Waals surface area contributed by atoms with Crippen LogP contribution in [0.3, 0.4) is 0 Å². The molecule has 0 saturated carbocycles. The Labute approximate surface area is 208 Å². The number of carbonyl (C=O) groups is 3. The van der Waals surface area contributed by atoms with E-state index in [0.717, 1.165) is 22.0 Å². The molecule has 11 nitrogen and oxygen atoms in total. The fourth-order valence-electron chi connectivity index (χ4n) is 3.52. The van der Waals surface area contributed by atoms with E-state index in [0.29, 0.717) is 42.6 Å². The molecule has 0 unspecified atom stereocenters. The third-order valence-corrected chi connectivity index (χ3v) is 7.57. The number of rotatable bonds is 7. The number of H-pyrrole nitrogens is 1. The minimum Gasteiger partial charge on any atom is -0.351 e. The number of anilines is 1. The molecule has 1 aliphatic rings. The highest BCUT2D eigenvalue weighted by molar-refractivity contribution is 8.00. The molecule has 0 aliphatic carbocycles. The number of benzene rings is 1. The van der Waals surface area contributed by atoms with Crippen LogP contribution in [0.5, 0.6) is 0 Å². The van der Waals surface area contributed by atoms with Gasteiger partial charge in [0.1, 0.15) is 5.69 Å². The van der Waals surface area contributed by atoms with E-state index in [4.69, 9.17) is 0 Å². The zero-order valence-corrected chi connectivity index (χ0v) is 20.4. The van der Waals surface area contributed by atoms with E-state index < -0.39 is 10.8 Å². The number of carbonyl (C=O) groups excluding carboxylic acids is 3. The minimum atomic E-state index is -0.581. The van der Waals surface area contributed by atoms with Gasteiger partial charge in [-0.2, -0.15) is 0 Å². The van der Waals surface area contributed by atoms with Crippen LogP contribution < -0.4 is 5.32 Å². The van der Waals surface area contributed by atoms with Gasteiger partial charge in [-0.1, -0.05) is 23.5 Å². The summed E-state index contributed by atoms with van der Waals surface area (Å²) in [4.78, 5) is 57.1. The zero-order valence-electron chi connectivity index (χ0n) is 18.7. The molecule has 182 valence electrons. The Kier molecular flexibility index (Phi) is 7.46. The van der Waals surface area contributed by atoms with Gasteiger partial charge in [-0.25, -0.2) is 4.98 Å². The lowest BCUT2D eigenvalue weighted by Crippen LogP contribution is -2.50. The molecule has 3 aromatic rings. The van der Waals surface area contributed by atoms with E-state index >= 15 is 0 Å². The molecular weight excluding hydrogens is 492 g/mol. The normalized spacial score (nSPS) is 13.5. The fourth-order valence-corrected chi connectivity index (χ4v) is 5.33. The summed E-state index contributed by atoms with van der Waals surface area (Å²) >= 11 is 2.81. The lowest BCUT2D eigenvalue weighted by molar-refractivity contribution is -0.384. The van der Waals surface area contributed by atoms with Crippen LogP contribution in [-0.2, 0) is 10.5 Å². The summed E-state index contributed by atoms with van der Waals surface area (Å²) in [5.41, 5.74) is 1.47.